The fraction of sp³-hybridized carbons (Fsp3) is 0.538. The number of nitrogens with one attached hydrogen (secondary N) is 2. The van der Waals surface area contributed by atoms with Gasteiger partial charge in [0, 0.05) is 6.54 Å². The standard InChI is InChI=1S/C13H19FN2O3S.ClH/c1-19-13-5-4-11(7-12(13)14)20(17,18)16-9-10-3-2-6-15-8-10;/h4-5,7,10,15-16H,2-3,6,8-9H2,1H3;1H. The second kappa shape index (κ2) is 7.93. The number of hydrogen-bond acceptors (Lipinski definition) is 4. The predicted molar refractivity (Wildman–Crippen MR) is 81.0 cm³/mol. The second-order valence-corrected chi connectivity index (χ2v) is 6.63. The number of sulfonamides is 1. The highest BCUT2D eigenvalue weighted by Crippen LogP contribution is 2.20. The molecule has 1 fully saturated rings. The van der Waals surface area contributed by atoms with Gasteiger partial charge in [0.2, 0.25) is 10.0 Å². The third kappa shape index (κ3) is 4.81. The van der Waals surface area contributed by atoms with E-state index in [9.17, 15) is 12.8 Å². The zero-order chi connectivity index (χ0) is 14.6. The van der Waals surface area contributed by atoms with Crippen molar-refractivity contribution in [3.8, 4) is 5.75 Å². The lowest BCUT2D eigenvalue weighted by molar-refractivity contribution is 0.375. The number of rotatable bonds is 5. The van der Waals surface area contributed by atoms with Crippen LogP contribution in [0.25, 0.3) is 0 Å². The Labute approximate surface area is 130 Å². The topological polar surface area (TPSA) is 67.4 Å². The van der Waals surface area contributed by atoms with Crippen molar-refractivity contribution in [2.45, 2.75) is 17.7 Å². The van der Waals surface area contributed by atoms with Gasteiger partial charge in [0.25, 0.3) is 0 Å². The molecule has 1 aromatic carbocycles. The Balaban J connectivity index is 0.00000220. The van der Waals surface area contributed by atoms with E-state index in [4.69, 9.17) is 4.74 Å². The van der Waals surface area contributed by atoms with E-state index in [1.807, 2.05) is 0 Å². The fourth-order valence-electron chi connectivity index (χ4n) is 2.22. The molecule has 1 aliphatic rings. The van der Waals surface area contributed by atoms with E-state index >= 15 is 0 Å². The minimum Gasteiger partial charge on any atom is -0.494 e. The van der Waals surface area contributed by atoms with E-state index in [1.54, 1.807) is 0 Å². The molecule has 2 rings (SSSR count). The fourth-order valence-corrected chi connectivity index (χ4v) is 3.35. The third-order valence-electron chi connectivity index (χ3n) is 3.39. The van der Waals surface area contributed by atoms with Crippen molar-refractivity contribution in [1.82, 2.24) is 10.0 Å². The summed E-state index contributed by atoms with van der Waals surface area (Å²) in [5, 5.41) is 3.22. The molecule has 0 bridgehead atoms. The Morgan fingerprint density at radius 1 is 1.48 bits per heavy atom. The van der Waals surface area contributed by atoms with Gasteiger partial charge in [-0.25, -0.2) is 17.5 Å². The molecule has 1 heterocycles. The molecular weight excluding hydrogens is 319 g/mol. The largest absolute Gasteiger partial charge is 0.494 e. The maximum absolute atomic E-state index is 13.5. The number of benzene rings is 1. The van der Waals surface area contributed by atoms with Gasteiger partial charge in [-0.2, -0.15) is 0 Å². The number of hydrogen-bond donors (Lipinski definition) is 2. The van der Waals surface area contributed by atoms with Crippen molar-refractivity contribution in [2.24, 2.45) is 5.92 Å². The molecule has 5 nitrogen and oxygen atoms in total. The minimum atomic E-state index is -3.68. The molecule has 2 N–H and O–H groups in total. The van der Waals surface area contributed by atoms with Gasteiger partial charge in [0.1, 0.15) is 0 Å². The molecule has 0 amide bonds. The van der Waals surface area contributed by atoms with Crippen molar-refractivity contribution in [1.29, 1.82) is 0 Å². The number of methoxy groups -OCH3 is 1. The van der Waals surface area contributed by atoms with E-state index in [2.05, 4.69) is 10.0 Å². The van der Waals surface area contributed by atoms with Crippen LogP contribution in [0.3, 0.4) is 0 Å². The molecule has 1 aliphatic heterocycles. The summed E-state index contributed by atoms with van der Waals surface area (Å²) < 4.78 is 45.0. The Morgan fingerprint density at radius 3 is 2.81 bits per heavy atom. The summed E-state index contributed by atoms with van der Waals surface area (Å²) in [7, 11) is -2.35. The zero-order valence-corrected chi connectivity index (χ0v) is 13.4. The highest BCUT2D eigenvalue weighted by Gasteiger charge is 2.19. The monoisotopic (exact) mass is 338 g/mol. The van der Waals surface area contributed by atoms with Crippen LogP contribution in [0.1, 0.15) is 12.8 Å². The average Bonchev–Trinajstić information content (AvgIpc) is 2.46. The van der Waals surface area contributed by atoms with Crippen molar-refractivity contribution >= 4 is 22.4 Å². The predicted octanol–water partition coefficient (Wildman–Crippen LogP) is 1.53. The van der Waals surface area contributed by atoms with Crippen LogP contribution in [0.5, 0.6) is 5.75 Å². The molecule has 21 heavy (non-hydrogen) atoms. The first-order valence-electron chi connectivity index (χ1n) is 6.57. The molecule has 8 heteroatoms. The van der Waals surface area contributed by atoms with E-state index in [0.717, 1.165) is 32.0 Å². The van der Waals surface area contributed by atoms with Crippen molar-refractivity contribution in [3.05, 3.63) is 24.0 Å². The van der Waals surface area contributed by atoms with Gasteiger partial charge in [-0.15, -0.1) is 12.4 Å². The Kier molecular flexibility index (Phi) is 6.86. The van der Waals surface area contributed by atoms with Gasteiger partial charge in [-0.1, -0.05) is 0 Å². The van der Waals surface area contributed by atoms with Gasteiger partial charge in [-0.05, 0) is 50.0 Å². The summed E-state index contributed by atoms with van der Waals surface area (Å²) in [6.07, 6.45) is 2.04. The lowest BCUT2D eigenvalue weighted by atomic mass is 10.0. The molecular formula is C13H20ClFN2O3S. The van der Waals surface area contributed by atoms with E-state index in [1.165, 1.54) is 19.2 Å². The first-order chi connectivity index (χ1) is 9.53. The maximum Gasteiger partial charge on any atom is 0.240 e. The Hall–Kier alpha value is -0.890. The third-order valence-corrected chi connectivity index (χ3v) is 4.82. The first kappa shape index (κ1) is 18.2. The van der Waals surface area contributed by atoms with Crippen LogP contribution in [-0.2, 0) is 10.0 Å². The summed E-state index contributed by atoms with van der Waals surface area (Å²) in [6, 6.07) is 3.62. The normalized spacial score (nSPS) is 18.9. The molecule has 1 unspecified atom stereocenters. The molecule has 1 aromatic rings. The first-order valence-corrected chi connectivity index (χ1v) is 8.05. The summed E-state index contributed by atoms with van der Waals surface area (Å²) in [5.74, 6) is -0.378. The van der Waals surface area contributed by atoms with E-state index < -0.39 is 15.8 Å². The lowest BCUT2D eigenvalue weighted by Crippen LogP contribution is -2.38. The molecule has 1 saturated heterocycles. The van der Waals surface area contributed by atoms with Crippen LogP contribution in [0.15, 0.2) is 23.1 Å². The highest BCUT2D eigenvalue weighted by atomic mass is 35.5. The van der Waals surface area contributed by atoms with Gasteiger partial charge in [0.05, 0.1) is 12.0 Å². The van der Waals surface area contributed by atoms with Crippen LogP contribution in [0, 0.1) is 11.7 Å². The van der Waals surface area contributed by atoms with Crippen LogP contribution in [0.4, 0.5) is 4.39 Å². The van der Waals surface area contributed by atoms with Gasteiger partial charge in [0.15, 0.2) is 11.6 Å². The van der Waals surface area contributed by atoms with Gasteiger partial charge < -0.3 is 10.1 Å². The van der Waals surface area contributed by atoms with Crippen LogP contribution in [-0.4, -0.2) is 35.2 Å². The summed E-state index contributed by atoms with van der Waals surface area (Å²) in [4.78, 5) is -0.0837. The van der Waals surface area contributed by atoms with Gasteiger partial charge in [-0.3, -0.25) is 0 Å². The lowest BCUT2D eigenvalue weighted by Gasteiger charge is -2.22. The smallest absolute Gasteiger partial charge is 0.240 e. The van der Waals surface area contributed by atoms with Crippen LogP contribution in [0.2, 0.25) is 0 Å². The molecule has 0 saturated carbocycles. The zero-order valence-electron chi connectivity index (χ0n) is 11.8. The molecule has 0 aromatic heterocycles. The highest BCUT2D eigenvalue weighted by molar-refractivity contribution is 7.89. The minimum absolute atomic E-state index is 0. The van der Waals surface area contributed by atoms with E-state index in [-0.39, 0.29) is 29.0 Å². The summed E-state index contributed by atoms with van der Waals surface area (Å²) in [5.41, 5.74) is 0. The Morgan fingerprint density at radius 2 is 2.24 bits per heavy atom. The van der Waals surface area contributed by atoms with Crippen molar-refractivity contribution in [2.75, 3.05) is 26.7 Å². The summed E-state index contributed by atoms with van der Waals surface area (Å²) >= 11 is 0. The maximum atomic E-state index is 13.5. The average molecular weight is 339 g/mol. The number of ether oxygens (including phenoxy) is 1. The number of piperidine rings is 1. The van der Waals surface area contributed by atoms with Gasteiger partial charge >= 0.3 is 0 Å². The second-order valence-electron chi connectivity index (χ2n) is 4.86. The summed E-state index contributed by atoms with van der Waals surface area (Å²) in [6.45, 7) is 2.15. The van der Waals surface area contributed by atoms with Crippen molar-refractivity contribution < 1.29 is 17.5 Å². The van der Waals surface area contributed by atoms with Crippen LogP contribution >= 0.6 is 12.4 Å². The molecule has 0 aliphatic carbocycles. The molecule has 120 valence electrons. The quantitative estimate of drug-likeness (QED) is 0.854. The van der Waals surface area contributed by atoms with E-state index in [0.29, 0.717) is 6.54 Å². The SMILES string of the molecule is COc1ccc(S(=O)(=O)NCC2CCCNC2)cc1F.Cl. The van der Waals surface area contributed by atoms with Crippen molar-refractivity contribution in [3.63, 3.8) is 0 Å². The molecule has 1 atom stereocenters. The molecule has 0 radical (unpaired) electrons. The van der Waals surface area contributed by atoms with Crippen LogP contribution < -0.4 is 14.8 Å². The molecule has 0 spiro atoms. The number of halogens is 2. The Bertz CT molecular complexity index is 563.